The van der Waals surface area contributed by atoms with Gasteiger partial charge < -0.3 is 20.0 Å². The van der Waals surface area contributed by atoms with Crippen LogP contribution in [0.3, 0.4) is 0 Å². The van der Waals surface area contributed by atoms with E-state index in [0.717, 1.165) is 44.1 Å². The first-order chi connectivity index (χ1) is 11.8. The maximum atomic E-state index is 12.6. The summed E-state index contributed by atoms with van der Waals surface area (Å²) < 4.78 is 5.32. The Bertz CT molecular complexity index is 555. The van der Waals surface area contributed by atoms with E-state index < -0.39 is 0 Å². The van der Waals surface area contributed by atoms with Crippen LogP contribution in [0.1, 0.15) is 44.3 Å². The average molecular weight is 460 g/mol. The third-order valence-electron chi connectivity index (χ3n) is 5.03. The van der Waals surface area contributed by atoms with Crippen molar-refractivity contribution in [3.05, 3.63) is 24.2 Å². The molecule has 1 aliphatic heterocycles. The first kappa shape index (κ1) is 20.1. The van der Waals surface area contributed by atoms with Crippen molar-refractivity contribution in [3.8, 4) is 0 Å². The fourth-order valence-electron chi connectivity index (χ4n) is 3.66. The third kappa shape index (κ3) is 5.62. The molecule has 2 N–H and O–H groups in total. The quantitative estimate of drug-likeness (QED) is 0.412. The summed E-state index contributed by atoms with van der Waals surface area (Å²) in [4.78, 5) is 18.9. The van der Waals surface area contributed by atoms with Gasteiger partial charge in [-0.25, -0.2) is 0 Å². The van der Waals surface area contributed by atoms with E-state index in [-0.39, 0.29) is 35.9 Å². The van der Waals surface area contributed by atoms with E-state index in [1.54, 1.807) is 13.3 Å². The second kappa shape index (κ2) is 10.0. The lowest BCUT2D eigenvalue weighted by atomic mass is 9.88. The monoisotopic (exact) mass is 460 g/mol. The molecule has 1 aromatic heterocycles. The van der Waals surface area contributed by atoms with E-state index in [2.05, 4.69) is 15.6 Å². The Morgan fingerprint density at radius 3 is 2.80 bits per heavy atom. The Hall–Kier alpha value is -1.25. The SMILES string of the molecule is CN=C(NCc1ccco1)NC1CCN(C(=O)C2CCCCC2)C1.I. The lowest BCUT2D eigenvalue weighted by molar-refractivity contribution is -0.135. The van der Waals surface area contributed by atoms with E-state index in [0.29, 0.717) is 12.5 Å². The molecule has 1 atom stereocenters. The van der Waals surface area contributed by atoms with Crippen molar-refractivity contribution in [2.75, 3.05) is 20.1 Å². The number of guanidine groups is 1. The minimum atomic E-state index is 0. The number of halogens is 1. The van der Waals surface area contributed by atoms with Crippen LogP contribution in [0, 0.1) is 5.92 Å². The van der Waals surface area contributed by atoms with Crippen LogP contribution in [0.25, 0.3) is 0 Å². The smallest absolute Gasteiger partial charge is 0.225 e. The molecular formula is C18H29IN4O2. The first-order valence-corrected chi connectivity index (χ1v) is 9.04. The van der Waals surface area contributed by atoms with Gasteiger partial charge in [-0.1, -0.05) is 19.3 Å². The molecule has 1 unspecified atom stereocenters. The Labute approximate surface area is 166 Å². The zero-order valence-electron chi connectivity index (χ0n) is 14.9. The standard InChI is InChI=1S/C18H28N4O2.HI/c1-19-18(20-12-16-8-5-11-24-16)21-15-9-10-22(13-15)17(23)14-6-3-2-4-7-14;/h5,8,11,14-15H,2-4,6-7,9-10,12-13H2,1H3,(H2,19,20,21);1H. The summed E-state index contributed by atoms with van der Waals surface area (Å²) in [6, 6.07) is 4.07. The van der Waals surface area contributed by atoms with Gasteiger partial charge in [0, 0.05) is 32.1 Å². The van der Waals surface area contributed by atoms with Gasteiger partial charge in [0.2, 0.25) is 5.91 Å². The fraction of sp³-hybridized carbons (Fsp3) is 0.667. The Morgan fingerprint density at radius 2 is 2.12 bits per heavy atom. The first-order valence-electron chi connectivity index (χ1n) is 9.04. The number of hydrogen-bond acceptors (Lipinski definition) is 3. The number of carbonyl (C=O) groups excluding carboxylic acids is 1. The van der Waals surface area contributed by atoms with Gasteiger partial charge in [0.1, 0.15) is 5.76 Å². The summed E-state index contributed by atoms with van der Waals surface area (Å²) in [5.41, 5.74) is 0. The van der Waals surface area contributed by atoms with E-state index in [1.165, 1.54) is 19.3 Å². The second-order valence-electron chi connectivity index (χ2n) is 6.75. The Morgan fingerprint density at radius 1 is 1.32 bits per heavy atom. The van der Waals surface area contributed by atoms with Crippen LogP contribution < -0.4 is 10.6 Å². The van der Waals surface area contributed by atoms with E-state index in [9.17, 15) is 4.79 Å². The van der Waals surface area contributed by atoms with Crippen molar-refractivity contribution in [3.63, 3.8) is 0 Å². The molecule has 1 aromatic rings. The van der Waals surface area contributed by atoms with Gasteiger partial charge in [0.25, 0.3) is 0 Å². The van der Waals surface area contributed by atoms with Gasteiger partial charge in [-0.05, 0) is 31.4 Å². The maximum absolute atomic E-state index is 12.6. The van der Waals surface area contributed by atoms with Gasteiger partial charge in [-0.15, -0.1) is 24.0 Å². The maximum Gasteiger partial charge on any atom is 0.225 e. The summed E-state index contributed by atoms with van der Waals surface area (Å²) >= 11 is 0. The summed E-state index contributed by atoms with van der Waals surface area (Å²) in [7, 11) is 1.76. The van der Waals surface area contributed by atoms with Crippen LogP contribution in [0.2, 0.25) is 0 Å². The summed E-state index contributed by atoms with van der Waals surface area (Å²) in [6.45, 7) is 2.23. The van der Waals surface area contributed by atoms with Crippen molar-refractivity contribution in [1.82, 2.24) is 15.5 Å². The number of nitrogens with one attached hydrogen (secondary N) is 2. The molecule has 0 bridgehead atoms. The molecule has 3 rings (SSSR count). The molecule has 1 saturated heterocycles. The molecule has 1 aliphatic carbocycles. The van der Waals surface area contributed by atoms with E-state index in [4.69, 9.17) is 4.42 Å². The largest absolute Gasteiger partial charge is 0.467 e. The zero-order valence-corrected chi connectivity index (χ0v) is 17.2. The Kier molecular flexibility index (Phi) is 8.05. The molecule has 140 valence electrons. The molecule has 0 spiro atoms. The van der Waals surface area contributed by atoms with Crippen LogP contribution in [0.15, 0.2) is 27.8 Å². The highest BCUT2D eigenvalue weighted by atomic mass is 127. The number of rotatable bonds is 4. The van der Waals surface area contributed by atoms with Gasteiger partial charge in [-0.3, -0.25) is 9.79 Å². The van der Waals surface area contributed by atoms with Crippen LogP contribution in [0.5, 0.6) is 0 Å². The number of aliphatic imine (C=N–C) groups is 1. The molecule has 0 radical (unpaired) electrons. The Balaban J connectivity index is 0.00000225. The summed E-state index contributed by atoms with van der Waals surface area (Å²) in [6.07, 6.45) is 8.47. The molecule has 2 aliphatic rings. The minimum Gasteiger partial charge on any atom is -0.467 e. The van der Waals surface area contributed by atoms with Gasteiger partial charge in [0.05, 0.1) is 12.8 Å². The third-order valence-corrected chi connectivity index (χ3v) is 5.03. The minimum absolute atomic E-state index is 0. The van der Waals surface area contributed by atoms with Crippen LogP contribution in [-0.2, 0) is 11.3 Å². The molecule has 1 amide bonds. The fourth-order valence-corrected chi connectivity index (χ4v) is 3.66. The number of likely N-dealkylation sites (tertiary alicyclic amines) is 1. The summed E-state index contributed by atoms with van der Waals surface area (Å²) in [5.74, 6) is 2.24. The predicted octanol–water partition coefficient (Wildman–Crippen LogP) is 2.74. The molecule has 2 heterocycles. The lowest BCUT2D eigenvalue weighted by Crippen LogP contribution is -2.45. The van der Waals surface area contributed by atoms with Crippen molar-refractivity contribution in [2.24, 2.45) is 10.9 Å². The number of hydrogen-bond donors (Lipinski definition) is 2. The lowest BCUT2D eigenvalue weighted by Gasteiger charge is -2.26. The topological polar surface area (TPSA) is 69.9 Å². The highest BCUT2D eigenvalue weighted by Crippen LogP contribution is 2.26. The molecule has 2 fully saturated rings. The number of amides is 1. The van der Waals surface area contributed by atoms with Crippen molar-refractivity contribution in [1.29, 1.82) is 0 Å². The van der Waals surface area contributed by atoms with E-state index >= 15 is 0 Å². The highest BCUT2D eigenvalue weighted by molar-refractivity contribution is 14.0. The molecule has 0 aromatic carbocycles. The van der Waals surface area contributed by atoms with Crippen molar-refractivity contribution >= 4 is 35.8 Å². The average Bonchev–Trinajstić information content (AvgIpc) is 3.30. The van der Waals surface area contributed by atoms with Crippen molar-refractivity contribution in [2.45, 2.75) is 51.1 Å². The van der Waals surface area contributed by atoms with Gasteiger partial charge in [0.15, 0.2) is 5.96 Å². The predicted molar refractivity (Wildman–Crippen MR) is 109 cm³/mol. The van der Waals surface area contributed by atoms with Gasteiger partial charge in [-0.2, -0.15) is 0 Å². The van der Waals surface area contributed by atoms with Crippen LogP contribution >= 0.6 is 24.0 Å². The molecular weight excluding hydrogens is 431 g/mol. The van der Waals surface area contributed by atoms with Crippen LogP contribution in [0.4, 0.5) is 0 Å². The normalized spacial score (nSPS) is 21.7. The zero-order chi connectivity index (χ0) is 16.8. The van der Waals surface area contributed by atoms with Gasteiger partial charge >= 0.3 is 0 Å². The molecule has 7 heteroatoms. The number of furan rings is 1. The van der Waals surface area contributed by atoms with Crippen LogP contribution in [-0.4, -0.2) is 42.9 Å². The molecule has 1 saturated carbocycles. The number of nitrogens with zero attached hydrogens (tertiary/aromatic N) is 2. The summed E-state index contributed by atoms with van der Waals surface area (Å²) in [5, 5.41) is 6.67. The molecule has 6 nitrogen and oxygen atoms in total. The number of carbonyl (C=O) groups is 1. The van der Waals surface area contributed by atoms with E-state index in [1.807, 2.05) is 17.0 Å². The molecule has 25 heavy (non-hydrogen) atoms. The van der Waals surface area contributed by atoms with Crippen molar-refractivity contribution < 1.29 is 9.21 Å². The highest BCUT2D eigenvalue weighted by Gasteiger charge is 2.31. The second-order valence-corrected chi connectivity index (χ2v) is 6.75.